The van der Waals surface area contributed by atoms with Crippen molar-refractivity contribution in [1.82, 2.24) is 5.32 Å². The maximum Gasteiger partial charge on any atom is 0.118 e. The molecule has 0 aromatic heterocycles. The van der Waals surface area contributed by atoms with Crippen molar-refractivity contribution in [2.75, 3.05) is 13.7 Å². The van der Waals surface area contributed by atoms with E-state index in [-0.39, 0.29) is 0 Å². The molecule has 2 unspecified atom stereocenters. The summed E-state index contributed by atoms with van der Waals surface area (Å²) < 4.78 is 5.15. The van der Waals surface area contributed by atoms with E-state index >= 15 is 0 Å². The van der Waals surface area contributed by atoms with Crippen molar-refractivity contribution in [3.8, 4) is 5.75 Å². The summed E-state index contributed by atoms with van der Waals surface area (Å²) in [5.74, 6) is 1.46. The number of benzene rings is 1. The lowest BCUT2D eigenvalue weighted by atomic mass is 10.0. The lowest BCUT2D eigenvalue weighted by Gasteiger charge is -2.17. The Morgan fingerprint density at radius 3 is 2.31 bits per heavy atom. The first-order valence-corrected chi connectivity index (χ1v) is 6.04. The predicted molar refractivity (Wildman–Crippen MR) is 69.2 cm³/mol. The third-order valence-electron chi connectivity index (χ3n) is 3.07. The number of hydrogen-bond acceptors (Lipinski definition) is 2. The van der Waals surface area contributed by atoms with Gasteiger partial charge in [-0.3, -0.25) is 0 Å². The van der Waals surface area contributed by atoms with Crippen LogP contribution in [0.5, 0.6) is 5.75 Å². The van der Waals surface area contributed by atoms with E-state index in [0.29, 0.717) is 12.0 Å². The molecule has 1 aromatic carbocycles. The normalized spacial score (nSPS) is 14.5. The minimum Gasteiger partial charge on any atom is -0.497 e. The highest BCUT2D eigenvalue weighted by atomic mass is 16.5. The lowest BCUT2D eigenvalue weighted by molar-refractivity contribution is 0.414. The molecule has 0 bridgehead atoms. The molecule has 0 amide bonds. The van der Waals surface area contributed by atoms with Gasteiger partial charge in [0.15, 0.2) is 0 Å². The monoisotopic (exact) mass is 221 g/mol. The third kappa shape index (κ3) is 3.86. The molecular formula is C14H23NO. The van der Waals surface area contributed by atoms with Crippen molar-refractivity contribution in [2.24, 2.45) is 0 Å². The summed E-state index contributed by atoms with van der Waals surface area (Å²) in [5, 5.41) is 3.53. The second kappa shape index (κ2) is 6.54. The SMILES string of the molecule is CCC(C)NCC(C)c1ccc(OC)cc1. The zero-order valence-corrected chi connectivity index (χ0v) is 10.8. The molecule has 0 spiro atoms. The van der Waals surface area contributed by atoms with E-state index in [1.165, 1.54) is 12.0 Å². The topological polar surface area (TPSA) is 21.3 Å². The van der Waals surface area contributed by atoms with Gasteiger partial charge >= 0.3 is 0 Å². The fourth-order valence-corrected chi connectivity index (χ4v) is 1.57. The highest BCUT2D eigenvalue weighted by molar-refractivity contribution is 5.29. The van der Waals surface area contributed by atoms with Gasteiger partial charge in [-0.1, -0.05) is 26.0 Å². The van der Waals surface area contributed by atoms with Crippen LogP contribution in [0.1, 0.15) is 38.7 Å². The summed E-state index contributed by atoms with van der Waals surface area (Å²) in [7, 11) is 1.70. The maximum atomic E-state index is 5.15. The van der Waals surface area contributed by atoms with Gasteiger partial charge in [-0.15, -0.1) is 0 Å². The summed E-state index contributed by atoms with van der Waals surface area (Å²) in [6, 6.07) is 8.93. The number of nitrogens with one attached hydrogen (secondary N) is 1. The Balaban J connectivity index is 2.49. The van der Waals surface area contributed by atoms with Crippen molar-refractivity contribution < 1.29 is 4.74 Å². The molecule has 0 aliphatic heterocycles. The molecule has 2 atom stereocenters. The summed E-state index contributed by atoms with van der Waals surface area (Å²) in [4.78, 5) is 0. The Morgan fingerprint density at radius 1 is 1.19 bits per heavy atom. The van der Waals surface area contributed by atoms with E-state index in [4.69, 9.17) is 4.74 Å². The van der Waals surface area contributed by atoms with Crippen molar-refractivity contribution >= 4 is 0 Å². The van der Waals surface area contributed by atoms with Gasteiger partial charge < -0.3 is 10.1 Å². The van der Waals surface area contributed by atoms with Gasteiger partial charge in [0.2, 0.25) is 0 Å². The second-order valence-electron chi connectivity index (χ2n) is 4.39. The molecule has 2 nitrogen and oxygen atoms in total. The van der Waals surface area contributed by atoms with E-state index in [0.717, 1.165) is 12.3 Å². The second-order valence-corrected chi connectivity index (χ2v) is 4.39. The van der Waals surface area contributed by atoms with Gasteiger partial charge in [-0.05, 0) is 37.0 Å². The lowest BCUT2D eigenvalue weighted by Crippen LogP contribution is -2.28. The maximum absolute atomic E-state index is 5.15. The third-order valence-corrected chi connectivity index (χ3v) is 3.07. The summed E-state index contributed by atoms with van der Waals surface area (Å²) in [6.45, 7) is 7.70. The molecule has 0 saturated carbocycles. The fraction of sp³-hybridized carbons (Fsp3) is 0.571. The van der Waals surface area contributed by atoms with Crippen LogP contribution in [0.4, 0.5) is 0 Å². The van der Waals surface area contributed by atoms with Crippen molar-refractivity contribution in [3.05, 3.63) is 29.8 Å². The molecular weight excluding hydrogens is 198 g/mol. The molecule has 1 N–H and O–H groups in total. The highest BCUT2D eigenvalue weighted by Gasteiger charge is 2.06. The summed E-state index contributed by atoms with van der Waals surface area (Å²) >= 11 is 0. The first-order chi connectivity index (χ1) is 7.67. The van der Waals surface area contributed by atoms with E-state index in [2.05, 4.69) is 38.2 Å². The predicted octanol–water partition coefficient (Wildman–Crippen LogP) is 3.19. The summed E-state index contributed by atoms with van der Waals surface area (Å²) in [6.07, 6.45) is 1.18. The molecule has 90 valence electrons. The zero-order chi connectivity index (χ0) is 12.0. The quantitative estimate of drug-likeness (QED) is 0.796. The first-order valence-electron chi connectivity index (χ1n) is 6.04. The van der Waals surface area contributed by atoms with Crippen molar-refractivity contribution in [2.45, 2.75) is 39.2 Å². The van der Waals surface area contributed by atoms with Crippen molar-refractivity contribution in [1.29, 1.82) is 0 Å². The Labute approximate surface area is 99.0 Å². The van der Waals surface area contributed by atoms with E-state index < -0.39 is 0 Å². The molecule has 1 rings (SSSR count). The molecule has 16 heavy (non-hydrogen) atoms. The minimum absolute atomic E-state index is 0.542. The van der Waals surface area contributed by atoms with Crippen LogP contribution in [0, 0.1) is 0 Å². The highest BCUT2D eigenvalue weighted by Crippen LogP contribution is 2.18. The van der Waals surface area contributed by atoms with E-state index in [9.17, 15) is 0 Å². The number of methoxy groups -OCH3 is 1. The number of hydrogen-bond donors (Lipinski definition) is 1. The van der Waals surface area contributed by atoms with Gasteiger partial charge in [-0.25, -0.2) is 0 Å². The Kier molecular flexibility index (Phi) is 5.33. The minimum atomic E-state index is 0.542. The van der Waals surface area contributed by atoms with Crippen LogP contribution in [0.15, 0.2) is 24.3 Å². The Bertz CT molecular complexity index is 294. The van der Waals surface area contributed by atoms with Gasteiger partial charge in [0, 0.05) is 12.6 Å². The zero-order valence-electron chi connectivity index (χ0n) is 10.8. The standard InChI is InChI=1S/C14H23NO/c1-5-12(3)15-10-11(2)13-6-8-14(16-4)9-7-13/h6-9,11-12,15H,5,10H2,1-4H3. The average molecular weight is 221 g/mol. The molecule has 0 fully saturated rings. The van der Waals surface area contributed by atoms with Gasteiger partial charge in [0.1, 0.15) is 5.75 Å². The molecule has 1 aromatic rings. The van der Waals surface area contributed by atoms with Crippen LogP contribution >= 0.6 is 0 Å². The van der Waals surface area contributed by atoms with Crippen LogP contribution in [-0.2, 0) is 0 Å². The van der Waals surface area contributed by atoms with Crippen LogP contribution in [0.3, 0.4) is 0 Å². The smallest absolute Gasteiger partial charge is 0.118 e. The average Bonchev–Trinajstić information content (AvgIpc) is 2.35. The number of ether oxygens (including phenoxy) is 1. The molecule has 0 radical (unpaired) electrons. The molecule has 0 aliphatic rings. The van der Waals surface area contributed by atoms with Gasteiger partial charge in [0.05, 0.1) is 7.11 Å². The van der Waals surface area contributed by atoms with Crippen LogP contribution in [0.25, 0.3) is 0 Å². The van der Waals surface area contributed by atoms with Crippen LogP contribution < -0.4 is 10.1 Å². The van der Waals surface area contributed by atoms with Crippen molar-refractivity contribution in [3.63, 3.8) is 0 Å². The van der Waals surface area contributed by atoms with E-state index in [1.54, 1.807) is 7.11 Å². The molecule has 0 heterocycles. The molecule has 0 saturated heterocycles. The largest absolute Gasteiger partial charge is 0.497 e. The summed E-state index contributed by atoms with van der Waals surface area (Å²) in [5.41, 5.74) is 1.36. The number of rotatable bonds is 6. The van der Waals surface area contributed by atoms with Gasteiger partial charge in [-0.2, -0.15) is 0 Å². The van der Waals surface area contributed by atoms with Gasteiger partial charge in [0.25, 0.3) is 0 Å². The molecule has 0 aliphatic carbocycles. The van der Waals surface area contributed by atoms with Crippen LogP contribution in [0.2, 0.25) is 0 Å². The Hall–Kier alpha value is -1.02. The van der Waals surface area contributed by atoms with Crippen LogP contribution in [-0.4, -0.2) is 19.7 Å². The molecule has 2 heteroatoms. The first kappa shape index (κ1) is 13.0. The fourth-order valence-electron chi connectivity index (χ4n) is 1.57. The Morgan fingerprint density at radius 2 is 1.81 bits per heavy atom. The van der Waals surface area contributed by atoms with E-state index in [1.807, 2.05) is 12.1 Å².